The molecule has 0 radical (unpaired) electrons. The van der Waals surface area contributed by atoms with Gasteiger partial charge in [0, 0.05) is 54.4 Å². The molecular formula is C25H31NO5. The maximum Gasteiger partial charge on any atom is 0.330 e. The summed E-state index contributed by atoms with van der Waals surface area (Å²) in [4.78, 5) is 27.1. The standard InChI is InChI=1S/C25H31NO5/c1-13(2)12-26-17-11-25-10-15(27)6-7-16(25)23(26)21(17)20-14(5-8-19(28)31-4)9-18(30-3)24(29)22(20)25/h5,8-9,13,16-17,21,23,29H,6-7,10-12H2,1-4H3/b8-5+/t16?,17?,21?,23?,25-/m0/s1. The average Bonchev–Trinajstić information content (AvgIpc) is 2.74. The van der Waals surface area contributed by atoms with Crippen LogP contribution in [0.3, 0.4) is 0 Å². The first-order valence-electron chi connectivity index (χ1n) is 11.3. The van der Waals surface area contributed by atoms with Crippen LogP contribution in [-0.4, -0.2) is 54.6 Å². The second-order valence-corrected chi connectivity index (χ2v) is 10.1. The maximum atomic E-state index is 12.7. The van der Waals surface area contributed by atoms with Crippen LogP contribution < -0.4 is 4.74 Å². The first kappa shape index (κ1) is 20.6. The number of Topliss-reactive ketones (excluding diaryl/α,β-unsaturated/α-hetero) is 1. The van der Waals surface area contributed by atoms with Crippen molar-refractivity contribution in [3.05, 3.63) is 28.8 Å². The second kappa shape index (κ2) is 7.09. The maximum absolute atomic E-state index is 12.7. The highest BCUT2D eigenvalue weighted by Crippen LogP contribution is 2.70. The molecule has 0 aromatic heterocycles. The number of nitrogens with zero attached hydrogens (tertiary/aromatic N) is 1. The summed E-state index contributed by atoms with van der Waals surface area (Å²) in [5.41, 5.74) is 2.55. The Labute approximate surface area is 183 Å². The molecule has 5 atom stereocenters. The van der Waals surface area contributed by atoms with Gasteiger partial charge in [-0.2, -0.15) is 0 Å². The fourth-order valence-electron chi connectivity index (χ4n) is 7.23. The van der Waals surface area contributed by atoms with Gasteiger partial charge in [0.25, 0.3) is 0 Å². The molecule has 31 heavy (non-hydrogen) atoms. The van der Waals surface area contributed by atoms with Crippen LogP contribution in [0.2, 0.25) is 0 Å². The zero-order chi connectivity index (χ0) is 22.1. The molecule has 3 fully saturated rings. The smallest absolute Gasteiger partial charge is 0.330 e. The van der Waals surface area contributed by atoms with E-state index in [1.807, 2.05) is 6.07 Å². The first-order chi connectivity index (χ1) is 14.8. The van der Waals surface area contributed by atoms with Gasteiger partial charge >= 0.3 is 5.97 Å². The fourth-order valence-corrected chi connectivity index (χ4v) is 7.23. The monoisotopic (exact) mass is 425 g/mol. The van der Waals surface area contributed by atoms with Crippen LogP contribution in [-0.2, 0) is 19.7 Å². The second-order valence-electron chi connectivity index (χ2n) is 10.1. The van der Waals surface area contributed by atoms with E-state index in [2.05, 4.69) is 18.7 Å². The van der Waals surface area contributed by atoms with Gasteiger partial charge in [-0.1, -0.05) is 13.8 Å². The summed E-state index contributed by atoms with van der Waals surface area (Å²) in [6, 6.07) is 2.58. The number of benzene rings is 1. The van der Waals surface area contributed by atoms with Crippen LogP contribution >= 0.6 is 0 Å². The van der Waals surface area contributed by atoms with Gasteiger partial charge in [-0.15, -0.1) is 0 Å². The van der Waals surface area contributed by atoms with Gasteiger partial charge in [0.1, 0.15) is 5.78 Å². The van der Waals surface area contributed by atoms with E-state index in [0.29, 0.717) is 48.4 Å². The summed E-state index contributed by atoms with van der Waals surface area (Å²) in [6.45, 7) is 5.56. The Bertz CT molecular complexity index is 983. The van der Waals surface area contributed by atoms with Gasteiger partial charge in [0.05, 0.1) is 14.2 Å². The lowest BCUT2D eigenvalue weighted by Gasteiger charge is -2.73. The van der Waals surface area contributed by atoms with Gasteiger partial charge in [-0.3, -0.25) is 9.69 Å². The van der Waals surface area contributed by atoms with Crippen molar-refractivity contribution >= 4 is 17.8 Å². The number of ether oxygens (including phenoxy) is 2. The van der Waals surface area contributed by atoms with E-state index in [0.717, 1.165) is 36.1 Å². The number of hydrogen-bond acceptors (Lipinski definition) is 6. The van der Waals surface area contributed by atoms with Crippen LogP contribution in [0.25, 0.3) is 6.08 Å². The highest BCUT2D eigenvalue weighted by atomic mass is 16.5. The molecular weight excluding hydrogens is 394 g/mol. The lowest BCUT2D eigenvalue weighted by molar-refractivity contribution is -0.166. The normalized spacial score (nSPS) is 33.3. The van der Waals surface area contributed by atoms with Crippen LogP contribution in [0.5, 0.6) is 11.5 Å². The fraction of sp³-hybridized carbons (Fsp3) is 0.600. The Morgan fingerprint density at radius 3 is 2.84 bits per heavy atom. The molecule has 5 aliphatic rings. The lowest BCUT2D eigenvalue weighted by Crippen LogP contribution is -2.77. The van der Waals surface area contributed by atoms with Crippen LogP contribution in [0.4, 0.5) is 0 Å². The Morgan fingerprint density at radius 2 is 2.16 bits per heavy atom. The molecule has 6 heteroatoms. The zero-order valence-electron chi connectivity index (χ0n) is 18.7. The molecule has 1 saturated heterocycles. The van der Waals surface area contributed by atoms with E-state index >= 15 is 0 Å². The van der Waals surface area contributed by atoms with E-state index in [1.165, 1.54) is 13.2 Å². The molecule has 166 valence electrons. The number of phenols is 1. The third-order valence-corrected chi connectivity index (χ3v) is 8.10. The van der Waals surface area contributed by atoms with E-state index in [1.54, 1.807) is 13.2 Å². The van der Waals surface area contributed by atoms with Gasteiger partial charge < -0.3 is 14.6 Å². The summed E-state index contributed by atoms with van der Waals surface area (Å²) in [7, 11) is 2.90. The average molecular weight is 426 g/mol. The predicted octanol–water partition coefficient (Wildman–Crippen LogP) is 3.40. The third-order valence-electron chi connectivity index (χ3n) is 8.10. The Balaban J connectivity index is 1.71. The molecule has 6 nitrogen and oxygen atoms in total. The number of ketones is 1. The van der Waals surface area contributed by atoms with E-state index in [4.69, 9.17) is 9.47 Å². The molecule has 1 aromatic carbocycles. The number of carbonyl (C=O) groups is 2. The summed E-state index contributed by atoms with van der Waals surface area (Å²) in [5.74, 6) is 1.68. The summed E-state index contributed by atoms with van der Waals surface area (Å²) < 4.78 is 10.3. The number of hydrogen-bond donors (Lipinski definition) is 1. The predicted molar refractivity (Wildman–Crippen MR) is 116 cm³/mol. The van der Waals surface area contributed by atoms with Crippen LogP contribution in [0, 0.1) is 11.8 Å². The van der Waals surface area contributed by atoms with E-state index in [-0.39, 0.29) is 16.9 Å². The highest BCUT2D eigenvalue weighted by Gasteiger charge is 2.70. The van der Waals surface area contributed by atoms with Crippen LogP contribution in [0.1, 0.15) is 62.1 Å². The minimum absolute atomic E-state index is 0.173. The van der Waals surface area contributed by atoms with Crippen molar-refractivity contribution in [1.29, 1.82) is 0 Å². The molecule has 4 aliphatic carbocycles. The quantitative estimate of drug-likeness (QED) is 0.576. The number of methoxy groups -OCH3 is 2. The van der Waals surface area contributed by atoms with E-state index in [9.17, 15) is 14.7 Å². The van der Waals surface area contributed by atoms with Crippen molar-refractivity contribution < 1.29 is 24.2 Å². The minimum atomic E-state index is -0.419. The zero-order valence-corrected chi connectivity index (χ0v) is 18.7. The van der Waals surface area contributed by atoms with Crippen molar-refractivity contribution in [3.8, 4) is 11.5 Å². The number of likely N-dealkylation sites (tertiary alicyclic amines) is 1. The third kappa shape index (κ3) is 2.73. The van der Waals surface area contributed by atoms with E-state index < -0.39 is 5.97 Å². The van der Waals surface area contributed by atoms with Crippen molar-refractivity contribution in [2.24, 2.45) is 11.8 Å². The molecule has 1 N–H and O–H groups in total. The molecule has 0 amide bonds. The van der Waals surface area contributed by atoms with Crippen molar-refractivity contribution in [2.45, 2.75) is 62.9 Å². The summed E-state index contributed by atoms with van der Waals surface area (Å²) in [5, 5.41) is 11.3. The SMILES string of the molecule is COC(=O)/C=C/c1cc(OC)c(O)c2c1C1C3C[C@]24CC(=O)CCC4C1N3CC(C)C. The van der Waals surface area contributed by atoms with Crippen molar-refractivity contribution in [1.82, 2.24) is 4.90 Å². The number of piperidine rings is 1. The topological polar surface area (TPSA) is 76.1 Å². The molecule has 1 aromatic rings. The van der Waals surface area contributed by atoms with Gasteiger partial charge in [-0.05, 0) is 47.9 Å². The first-order valence-corrected chi connectivity index (χ1v) is 11.3. The molecule has 2 saturated carbocycles. The molecule has 1 spiro atoms. The number of carbonyl (C=O) groups excluding carboxylic acids is 2. The Morgan fingerprint density at radius 1 is 1.39 bits per heavy atom. The number of phenolic OH excluding ortho intramolecular Hbond substituents is 1. The largest absolute Gasteiger partial charge is 0.504 e. The lowest BCUT2D eigenvalue weighted by atomic mass is 9.40. The summed E-state index contributed by atoms with van der Waals surface area (Å²) in [6.07, 6.45) is 6.10. The number of esters is 1. The van der Waals surface area contributed by atoms with Gasteiger partial charge in [0.2, 0.25) is 0 Å². The molecule has 4 unspecified atom stereocenters. The number of aromatic hydroxyl groups is 1. The molecule has 4 bridgehead atoms. The van der Waals surface area contributed by atoms with Gasteiger partial charge in [0.15, 0.2) is 11.5 Å². The van der Waals surface area contributed by atoms with Crippen molar-refractivity contribution in [2.75, 3.05) is 20.8 Å². The molecule has 1 heterocycles. The van der Waals surface area contributed by atoms with Crippen molar-refractivity contribution in [3.63, 3.8) is 0 Å². The minimum Gasteiger partial charge on any atom is -0.504 e. The Kier molecular flexibility index (Phi) is 4.70. The molecule has 1 aliphatic heterocycles. The highest BCUT2D eigenvalue weighted by molar-refractivity contribution is 5.88. The summed E-state index contributed by atoms with van der Waals surface area (Å²) >= 11 is 0. The van der Waals surface area contributed by atoms with Gasteiger partial charge in [-0.25, -0.2) is 4.79 Å². The van der Waals surface area contributed by atoms with Crippen LogP contribution in [0.15, 0.2) is 12.1 Å². The Hall–Kier alpha value is -2.34. The number of rotatable bonds is 5. The molecule has 6 rings (SSSR count).